The van der Waals surface area contributed by atoms with Crippen LogP contribution in [0.5, 0.6) is 0 Å². The third kappa shape index (κ3) is 8.88. The van der Waals surface area contributed by atoms with E-state index in [2.05, 4.69) is 28.2 Å². The molecule has 0 aliphatic carbocycles. The maximum atomic E-state index is 13.1. The summed E-state index contributed by atoms with van der Waals surface area (Å²) in [6.07, 6.45) is 17.4. The summed E-state index contributed by atoms with van der Waals surface area (Å²) in [6, 6.07) is 6.94. The largest absolute Gasteiger partial charge is 0.336 e. The zero-order chi connectivity index (χ0) is 18.5. The minimum absolute atomic E-state index is 0.156. The lowest BCUT2D eigenvalue weighted by Crippen LogP contribution is -2.14. The van der Waals surface area contributed by atoms with Gasteiger partial charge in [0.15, 0.2) is 0 Å². The second-order valence-corrected chi connectivity index (χ2v) is 8.45. The molecule has 0 saturated carbocycles. The number of unbranched alkanes of at least 4 members (excludes halogenated alkanes) is 6. The summed E-state index contributed by atoms with van der Waals surface area (Å²) < 4.78 is 15.2. The van der Waals surface area contributed by atoms with Crippen molar-refractivity contribution in [3.63, 3.8) is 0 Å². The van der Waals surface area contributed by atoms with Gasteiger partial charge in [0.1, 0.15) is 5.82 Å². The Bertz CT molecular complexity index is 568. The highest BCUT2D eigenvalue weighted by molar-refractivity contribution is 7.99. The van der Waals surface area contributed by atoms with Gasteiger partial charge < -0.3 is 4.57 Å². The number of imidazole rings is 1. The van der Waals surface area contributed by atoms with Crippen molar-refractivity contribution in [3.05, 3.63) is 54.4 Å². The molecular formula is C22H33FN2S. The van der Waals surface area contributed by atoms with Gasteiger partial charge in [-0.3, -0.25) is 0 Å². The summed E-state index contributed by atoms with van der Waals surface area (Å²) >= 11 is 2.09. The molecule has 2 aromatic rings. The quantitative estimate of drug-likeness (QED) is 0.350. The first kappa shape index (κ1) is 21.0. The number of benzene rings is 1. The molecule has 0 bridgehead atoms. The van der Waals surface area contributed by atoms with E-state index in [1.807, 2.05) is 30.9 Å². The Labute approximate surface area is 162 Å². The van der Waals surface area contributed by atoms with Crippen LogP contribution in [0.2, 0.25) is 0 Å². The van der Waals surface area contributed by atoms with Crippen molar-refractivity contribution in [3.8, 4) is 0 Å². The highest BCUT2D eigenvalue weighted by atomic mass is 32.2. The molecule has 0 spiro atoms. The summed E-state index contributed by atoms with van der Waals surface area (Å²) in [5.74, 6) is 1.08. The standard InChI is InChI=1S/C22H33FN2S/c1-2-3-4-5-6-7-8-17-26-22(18-25-16-15-24-19-25)14-11-20-9-12-21(23)13-10-20/h9-10,12-13,15-16,19,22H,2-8,11,14,17-18H2,1H3. The smallest absolute Gasteiger partial charge is 0.123 e. The first-order chi connectivity index (χ1) is 12.8. The molecule has 1 unspecified atom stereocenters. The molecule has 0 radical (unpaired) electrons. The molecule has 1 atom stereocenters. The van der Waals surface area contributed by atoms with Gasteiger partial charge in [0, 0.05) is 24.2 Å². The highest BCUT2D eigenvalue weighted by Crippen LogP contribution is 2.22. The molecule has 144 valence electrons. The summed E-state index contributed by atoms with van der Waals surface area (Å²) in [7, 11) is 0. The number of hydrogen-bond donors (Lipinski definition) is 0. The zero-order valence-electron chi connectivity index (χ0n) is 16.1. The van der Waals surface area contributed by atoms with Gasteiger partial charge in [0.05, 0.1) is 6.33 Å². The highest BCUT2D eigenvalue weighted by Gasteiger charge is 2.11. The molecule has 0 saturated heterocycles. The summed E-state index contributed by atoms with van der Waals surface area (Å²) in [6.45, 7) is 3.27. The number of hydrogen-bond acceptors (Lipinski definition) is 2. The molecule has 2 nitrogen and oxygen atoms in total. The first-order valence-electron chi connectivity index (χ1n) is 10.1. The van der Waals surface area contributed by atoms with E-state index in [1.54, 1.807) is 12.1 Å². The average molecular weight is 377 g/mol. The zero-order valence-corrected chi connectivity index (χ0v) is 16.9. The van der Waals surface area contributed by atoms with Crippen LogP contribution in [0.25, 0.3) is 0 Å². The van der Waals surface area contributed by atoms with Crippen LogP contribution in [0.4, 0.5) is 4.39 Å². The summed E-state index contributed by atoms with van der Waals surface area (Å²) in [5, 5.41) is 0.578. The lowest BCUT2D eigenvalue weighted by atomic mass is 10.1. The van der Waals surface area contributed by atoms with Crippen molar-refractivity contribution in [2.75, 3.05) is 5.75 Å². The molecule has 0 aliphatic heterocycles. The van der Waals surface area contributed by atoms with Crippen LogP contribution in [0, 0.1) is 5.82 Å². The SMILES string of the molecule is CCCCCCCCCSC(CCc1ccc(F)cc1)Cn1ccnc1. The van der Waals surface area contributed by atoms with E-state index >= 15 is 0 Å². The van der Waals surface area contributed by atoms with Crippen LogP contribution in [0.1, 0.15) is 63.9 Å². The van der Waals surface area contributed by atoms with Crippen molar-refractivity contribution < 1.29 is 4.39 Å². The van der Waals surface area contributed by atoms with E-state index in [1.165, 1.54) is 56.3 Å². The van der Waals surface area contributed by atoms with Crippen LogP contribution in [-0.4, -0.2) is 20.6 Å². The predicted molar refractivity (Wildman–Crippen MR) is 111 cm³/mol. The molecule has 1 heterocycles. The Kier molecular flexibility index (Phi) is 10.5. The van der Waals surface area contributed by atoms with Gasteiger partial charge in [-0.15, -0.1) is 0 Å². The van der Waals surface area contributed by atoms with E-state index in [0.29, 0.717) is 5.25 Å². The molecule has 0 aliphatic rings. The Morgan fingerprint density at radius 2 is 1.77 bits per heavy atom. The lowest BCUT2D eigenvalue weighted by molar-refractivity contribution is 0.600. The van der Waals surface area contributed by atoms with Crippen LogP contribution in [0.15, 0.2) is 43.0 Å². The van der Waals surface area contributed by atoms with E-state index in [0.717, 1.165) is 19.4 Å². The van der Waals surface area contributed by atoms with Crippen molar-refractivity contribution in [2.45, 2.75) is 76.5 Å². The topological polar surface area (TPSA) is 17.8 Å². The Morgan fingerprint density at radius 1 is 1.04 bits per heavy atom. The van der Waals surface area contributed by atoms with Gasteiger partial charge in [-0.2, -0.15) is 11.8 Å². The van der Waals surface area contributed by atoms with Crippen LogP contribution < -0.4 is 0 Å². The molecular weight excluding hydrogens is 343 g/mol. The molecule has 0 fully saturated rings. The molecule has 4 heteroatoms. The van der Waals surface area contributed by atoms with Gasteiger partial charge in [-0.1, -0.05) is 57.6 Å². The number of halogens is 1. The van der Waals surface area contributed by atoms with Crippen LogP contribution in [0.3, 0.4) is 0 Å². The number of rotatable bonds is 14. The van der Waals surface area contributed by atoms with Crippen molar-refractivity contribution >= 4 is 11.8 Å². The minimum atomic E-state index is -0.156. The van der Waals surface area contributed by atoms with Gasteiger partial charge in [-0.05, 0) is 42.7 Å². The molecule has 1 aromatic carbocycles. The summed E-state index contributed by atoms with van der Waals surface area (Å²) in [4.78, 5) is 4.16. The second-order valence-electron chi connectivity index (χ2n) is 7.04. The number of nitrogens with zero attached hydrogens (tertiary/aromatic N) is 2. The normalized spacial score (nSPS) is 12.4. The van der Waals surface area contributed by atoms with E-state index in [4.69, 9.17) is 0 Å². The van der Waals surface area contributed by atoms with E-state index in [9.17, 15) is 4.39 Å². The minimum Gasteiger partial charge on any atom is -0.336 e. The number of aromatic nitrogens is 2. The maximum absolute atomic E-state index is 13.1. The Morgan fingerprint density at radius 3 is 2.46 bits per heavy atom. The second kappa shape index (κ2) is 13.0. The average Bonchev–Trinajstić information content (AvgIpc) is 3.16. The van der Waals surface area contributed by atoms with Gasteiger partial charge >= 0.3 is 0 Å². The molecule has 1 aromatic heterocycles. The number of aryl methyl sites for hydroxylation is 1. The van der Waals surface area contributed by atoms with Crippen molar-refractivity contribution in [1.82, 2.24) is 9.55 Å². The van der Waals surface area contributed by atoms with Crippen LogP contribution >= 0.6 is 11.8 Å². The molecule has 0 N–H and O–H groups in total. The predicted octanol–water partition coefficient (Wildman–Crippen LogP) is 6.51. The fourth-order valence-corrected chi connectivity index (χ4v) is 4.41. The Balaban J connectivity index is 1.70. The fraction of sp³-hybridized carbons (Fsp3) is 0.591. The molecule has 0 amide bonds. The van der Waals surface area contributed by atoms with Gasteiger partial charge in [-0.25, -0.2) is 9.37 Å². The monoisotopic (exact) mass is 376 g/mol. The molecule has 2 rings (SSSR count). The van der Waals surface area contributed by atoms with Gasteiger partial charge in [0.25, 0.3) is 0 Å². The molecule has 26 heavy (non-hydrogen) atoms. The van der Waals surface area contributed by atoms with E-state index in [-0.39, 0.29) is 5.82 Å². The third-order valence-corrected chi connectivity index (χ3v) is 6.12. The summed E-state index contributed by atoms with van der Waals surface area (Å²) in [5.41, 5.74) is 1.22. The fourth-order valence-electron chi connectivity index (χ4n) is 3.15. The number of thioether (sulfide) groups is 1. The van der Waals surface area contributed by atoms with Crippen molar-refractivity contribution in [1.29, 1.82) is 0 Å². The lowest BCUT2D eigenvalue weighted by Gasteiger charge is -2.17. The van der Waals surface area contributed by atoms with Gasteiger partial charge in [0.2, 0.25) is 0 Å². The van der Waals surface area contributed by atoms with Crippen molar-refractivity contribution in [2.24, 2.45) is 0 Å². The first-order valence-corrected chi connectivity index (χ1v) is 11.1. The Hall–Kier alpha value is -1.29. The van der Waals surface area contributed by atoms with Crippen LogP contribution in [-0.2, 0) is 13.0 Å². The maximum Gasteiger partial charge on any atom is 0.123 e. The third-order valence-electron chi connectivity index (χ3n) is 4.74. The van der Waals surface area contributed by atoms with E-state index < -0.39 is 0 Å².